The number of rotatable bonds is 2. The van der Waals surface area contributed by atoms with Gasteiger partial charge in [-0.2, -0.15) is 0 Å². The van der Waals surface area contributed by atoms with Gasteiger partial charge >= 0.3 is 5.97 Å². The monoisotopic (exact) mass is 308 g/mol. The molecule has 8 heteroatoms. The summed E-state index contributed by atoms with van der Waals surface area (Å²) in [6.45, 7) is 0. The zero-order valence-corrected chi connectivity index (χ0v) is 11.5. The van der Waals surface area contributed by atoms with Crippen LogP contribution in [0.25, 0.3) is 0 Å². The molecule has 2 heterocycles. The number of ether oxygens (including phenoxy) is 1. The van der Waals surface area contributed by atoms with Gasteiger partial charge in [0.25, 0.3) is 5.91 Å². The largest absolute Gasteiger partial charge is 0.464 e. The normalized spacial score (nSPS) is 23.7. The topological polar surface area (TPSA) is 85.3 Å². The van der Waals surface area contributed by atoms with Gasteiger partial charge in [-0.3, -0.25) is 9.59 Å². The molecule has 0 spiro atoms. The molecule has 1 saturated heterocycles. The predicted octanol–water partition coefficient (Wildman–Crippen LogP) is 0.757. The van der Waals surface area contributed by atoms with Gasteiger partial charge in [-0.05, 0) is 24.3 Å². The first kappa shape index (κ1) is 13.6. The highest BCUT2D eigenvalue weighted by molar-refractivity contribution is 6.46. The minimum Gasteiger partial charge on any atom is -0.464 e. The average Bonchev–Trinajstić information content (AvgIpc) is 3.01. The standard InChI is InChI=1S/C13H9ClN2O5/c1-20-13(19)9-8-10(21-15-9)12(18)16(11(8)17)7-4-2-6(14)3-5-7/h2-5,8,10H,1H3. The molecule has 0 aliphatic carbocycles. The number of methoxy groups -OCH3 is 1. The molecule has 3 rings (SSSR count). The molecule has 2 aliphatic heterocycles. The van der Waals surface area contributed by atoms with Gasteiger partial charge in [-0.25, -0.2) is 9.69 Å². The first-order valence-electron chi connectivity index (χ1n) is 6.00. The van der Waals surface area contributed by atoms with Crippen LogP contribution >= 0.6 is 11.6 Å². The van der Waals surface area contributed by atoms with Gasteiger partial charge in [-0.1, -0.05) is 16.8 Å². The van der Waals surface area contributed by atoms with E-state index in [-0.39, 0.29) is 5.71 Å². The maximum atomic E-state index is 12.4. The summed E-state index contributed by atoms with van der Waals surface area (Å²) in [5, 5.41) is 3.96. The highest BCUT2D eigenvalue weighted by Gasteiger charge is 2.57. The maximum absolute atomic E-state index is 12.4. The van der Waals surface area contributed by atoms with Gasteiger partial charge in [0.05, 0.1) is 12.8 Å². The van der Waals surface area contributed by atoms with Crippen molar-refractivity contribution in [3.8, 4) is 0 Å². The Balaban J connectivity index is 1.95. The molecule has 0 saturated carbocycles. The van der Waals surface area contributed by atoms with E-state index in [0.29, 0.717) is 10.7 Å². The zero-order chi connectivity index (χ0) is 15.1. The predicted molar refractivity (Wildman–Crippen MR) is 71.8 cm³/mol. The SMILES string of the molecule is COC(=O)C1=NOC2C(=O)N(c3ccc(Cl)cc3)C(=O)C12. The van der Waals surface area contributed by atoms with E-state index in [4.69, 9.17) is 16.4 Å². The number of hydrogen-bond donors (Lipinski definition) is 0. The number of amides is 2. The van der Waals surface area contributed by atoms with Crippen LogP contribution < -0.4 is 4.90 Å². The summed E-state index contributed by atoms with van der Waals surface area (Å²) in [5.74, 6) is -3.01. The van der Waals surface area contributed by atoms with Crippen molar-refractivity contribution in [3.63, 3.8) is 0 Å². The summed E-state index contributed by atoms with van der Waals surface area (Å²) in [5.41, 5.74) is 0.161. The molecule has 21 heavy (non-hydrogen) atoms. The fraction of sp³-hybridized carbons (Fsp3) is 0.231. The lowest BCUT2D eigenvalue weighted by Gasteiger charge is -2.15. The van der Waals surface area contributed by atoms with Crippen LogP contribution in [0.5, 0.6) is 0 Å². The summed E-state index contributed by atoms with van der Waals surface area (Å²) in [4.78, 5) is 42.1. The molecule has 0 radical (unpaired) electrons. The Labute approximate surface area is 124 Å². The minimum atomic E-state index is -1.12. The highest BCUT2D eigenvalue weighted by Crippen LogP contribution is 2.33. The van der Waals surface area contributed by atoms with Gasteiger partial charge in [0.1, 0.15) is 5.92 Å². The lowest BCUT2D eigenvalue weighted by Crippen LogP contribution is -2.34. The number of oxime groups is 1. The molecule has 7 nitrogen and oxygen atoms in total. The van der Waals surface area contributed by atoms with Crippen LogP contribution in [-0.4, -0.2) is 36.7 Å². The number of benzene rings is 1. The third-order valence-corrected chi connectivity index (χ3v) is 3.54. The van der Waals surface area contributed by atoms with Gasteiger partial charge in [0, 0.05) is 5.02 Å². The maximum Gasteiger partial charge on any atom is 0.356 e. The first-order valence-corrected chi connectivity index (χ1v) is 6.38. The van der Waals surface area contributed by atoms with Gasteiger partial charge in [0.15, 0.2) is 5.71 Å². The van der Waals surface area contributed by atoms with Crippen LogP contribution in [-0.2, 0) is 24.0 Å². The third kappa shape index (κ3) is 1.97. The van der Waals surface area contributed by atoms with Gasteiger partial charge < -0.3 is 9.57 Å². The lowest BCUT2D eigenvalue weighted by molar-refractivity contribution is -0.133. The second kappa shape index (κ2) is 4.85. The number of esters is 1. The number of halogens is 1. The number of hydrogen-bond acceptors (Lipinski definition) is 6. The summed E-state index contributed by atoms with van der Waals surface area (Å²) < 4.78 is 4.53. The number of imide groups is 1. The molecule has 0 bridgehead atoms. The molecule has 1 fully saturated rings. The lowest BCUT2D eigenvalue weighted by atomic mass is 10.00. The van der Waals surface area contributed by atoms with Gasteiger partial charge in [-0.15, -0.1) is 0 Å². The number of anilines is 1. The molecule has 0 N–H and O–H groups in total. The fourth-order valence-electron chi connectivity index (χ4n) is 2.30. The van der Waals surface area contributed by atoms with E-state index < -0.39 is 29.8 Å². The Hall–Kier alpha value is -2.41. The van der Waals surface area contributed by atoms with E-state index >= 15 is 0 Å². The van der Waals surface area contributed by atoms with Crippen LogP contribution in [0.2, 0.25) is 5.02 Å². The van der Waals surface area contributed by atoms with E-state index in [1.165, 1.54) is 12.1 Å². The summed E-state index contributed by atoms with van der Waals surface area (Å²) in [6.07, 6.45) is -1.12. The van der Waals surface area contributed by atoms with Crippen molar-refractivity contribution < 1.29 is 24.0 Å². The Morgan fingerprint density at radius 2 is 1.95 bits per heavy atom. The van der Waals surface area contributed by atoms with Crippen molar-refractivity contribution in [1.82, 2.24) is 0 Å². The van der Waals surface area contributed by atoms with Crippen molar-refractivity contribution in [2.75, 3.05) is 12.0 Å². The van der Waals surface area contributed by atoms with Crippen LogP contribution in [0.1, 0.15) is 0 Å². The van der Waals surface area contributed by atoms with Crippen LogP contribution in [0.4, 0.5) is 5.69 Å². The Morgan fingerprint density at radius 1 is 1.29 bits per heavy atom. The number of carbonyl (C=O) groups is 3. The first-order chi connectivity index (χ1) is 10.0. The second-order valence-corrected chi connectivity index (χ2v) is 4.90. The molecular weight excluding hydrogens is 300 g/mol. The molecule has 0 aromatic heterocycles. The molecule has 1 aromatic rings. The Kier molecular flexibility index (Phi) is 3.13. The highest BCUT2D eigenvalue weighted by atomic mass is 35.5. The molecule has 108 valence electrons. The summed E-state index contributed by atoms with van der Waals surface area (Å²) >= 11 is 5.78. The van der Waals surface area contributed by atoms with E-state index in [0.717, 1.165) is 12.0 Å². The van der Waals surface area contributed by atoms with Crippen LogP contribution in [0.15, 0.2) is 29.4 Å². The molecule has 2 aliphatic rings. The van der Waals surface area contributed by atoms with E-state index in [1.54, 1.807) is 12.1 Å². The van der Waals surface area contributed by atoms with Crippen LogP contribution in [0, 0.1) is 5.92 Å². The van der Waals surface area contributed by atoms with Crippen molar-refractivity contribution in [3.05, 3.63) is 29.3 Å². The van der Waals surface area contributed by atoms with Crippen molar-refractivity contribution in [2.45, 2.75) is 6.10 Å². The van der Waals surface area contributed by atoms with Crippen LogP contribution in [0.3, 0.4) is 0 Å². The molecule has 1 aromatic carbocycles. The van der Waals surface area contributed by atoms with Gasteiger partial charge in [0.2, 0.25) is 12.0 Å². The van der Waals surface area contributed by atoms with E-state index in [2.05, 4.69) is 9.89 Å². The van der Waals surface area contributed by atoms with Crippen molar-refractivity contribution >= 4 is 40.8 Å². The molecular formula is C13H9ClN2O5. The Bertz CT molecular complexity index is 670. The molecule has 2 amide bonds. The molecule has 2 atom stereocenters. The molecule has 2 unspecified atom stereocenters. The van der Waals surface area contributed by atoms with Crippen molar-refractivity contribution in [1.29, 1.82) is 0 Å². The second-order valence-electron chi connectivity index (χ2n) is 4.46. The summed E-state index contributed by atoms with van der Waals surface area (Å²) in [7, 11) is 1.16. The number of carbonyl (C=O) groups excluding carboxylic acids is 3. The van der Waals surface area contributed by atoms with E-state index in [1.807, 2.05) is 0 Å². The summed E-state index contributed by atoms with van der Waals surface area (Å²) in [6, 6.07) is 6.19. The van der Waals surface area contributed by atoms with Crippen molar-refractivity contribution in [2.24, 2.45) is 11.1 Å². The average molecular weight is 309 g/mol. The fourth-order valence-corrected chi connectivity index (χ4v) is 2.42. The minimum absolute atomic E-state index is 0.197. The Morgan fingerprint density at radius 3 is 2.57 bits per heavy atom. The number of fused-ring (bicyclic) bond motifs is 1. The number of nitrogens with zero attached hydrogens (tertiary/aromatic N) is 2. The quantitative estimate of drug-likeness (QED) is 0.595. The zero-order valence-electron chi connectivity index (χ0n) is 10.8. The van der Waals surface area contributed by atoms with E-state index in [9.17, 15) is 14.4 Å². The third-order valence-electron chi connectivity index (χ3n) is 3.29. The smallest absolute Gasteiger partial charge is 0.356 e.